The summed E-state index contributed by atoms with van der Waals surface area (Å²) in [5, 5.41) is 0.906. The van der Waals surface area contributed by atoms with Gasteiger partial charge >= 0.3 is 0 Å². The van der Waals surface area contributed by atoms with E-state index in [0.717, 1.165) is 10.9 Å². The van der Waals surface area contributed by atoms with E-state index in [2.05, 4.69) is 14.9 Å². The Morgan fingerprint density at radius 2 is 1.67 bits per heavy atom. The van der Waals surface area contributed by atoms with Crippen molar-refractivity contribution < 1.29 is 13.2 Å². The number of carbonyl (C=O) groups excluding carboxylic acids is 1. The molecule has 2 aliphatic heterocycles. The van der Waals surface area contributed by atoms with Gasteiger partial charge in [-0.25, -0.2) is 18.4 Å². The van der Waals surface area contributed by atoms with Gasteiger partial charge in [0, 0.05) is 81.7 Å². The van der Waals surface area contributed by atoms with Gasteiger partial charge in [0.05, 0.1) is 4.90 Å². The van der Waals surface area contributed by atoms with Crippen molar-refractivity contribution in [3.05, 3.63) is 48.9 Å². The molecule has 10 heteroatoms. The Balaban J connectivity index is 1.18. The number of aromatic nitrogens is 3. The average molecular weight is 469 g/mol. The van der Waals surface area contributed by atoms with Gasteiger partial charge in [-0.15, -0.1) is 0 Å². The van der Waals surface area contributed by atoms with Gasteiger partial charge in [0.15, 0.2) is 0 Å². The molecule has 0 N–H and O–H groups in total. The van der Waals surface area contributed by atoms with Crippen LogP contribution in [0, 0.1) is 5.92 Å². The molecule has 2 aromatic heterocycles. The number of nitrogens with zero attached hydrogens (tertiary/aromatic N) is 6. The Bertz CT molecular complexity index is 1240. The topological polar surface area (TPSA) is 91.6 Å². The summed E-state index contributed by atoms with van der Waals surface area (Å²) in [7, 11) is -1.64. The Morgan fingerprint density at radius 1 is 0.970 bits per heavy atom. The van der Waals surface area contributed by atoms with E-state index in [1.54, 1.807) is 30.6 Å². The van der Waals surface area contributed by atoms with Crippen LogP contribution in [0.3, 0.4) is 0 Å². The fourth-order valence-corrected chi connectivity index (χ4v) is 6.26. The van der Waals surface area contributed by atoms with Crippen molar-refractivity contribution in [3.63, 3.8) is 0 Å². The van der Waals surface area contributed by atoms with E-state index in [1.807, 2.05) is 34.8 Å². The minimum atomic E-state index is -3.58. The first kappa shape index (κ1) is 21.8. The van der Waals surface area contributed by atoms with Gasteiger partial charge in [-0.2, -0.15) is 4.31 Å². The van der Waals surface area contributed by atoms with E-state index >= 15 is 0 Å². The molecule has 1 amide bonds. The Labute approximate surface area is 193 Å². The molecular weight excluding hydrogens is 440 g/mol. The first-order valence-electron chi connectivity index (χ1n) is 11.3. The lowest BCUT2D eigenvalue weighted by molar-refractivity contribution is -0.137. The van der Waals surface area contributed by atoms with Crippen molar-refractivity contribution in [1.29, 1.82) is 0 Å². The summed E-state index contributed by atoms with van der Waals surface area (Å²) in [6.45, 7) is 3.39. The van der Waals surface area contributed by atoms with Crippen LogP contribution in [0.4, 0.5) is 5.95 Å². The fourth-order valence-electron chi connectivity index (χ4n) is 4.75. The van der Waals surface area contributed by atoms with Crippen molar-refractivity contribution in [2.45, 2.75) is 17.7 Å². The monoisotopic (exact) mass is 468 g/mol. The van der Waals surface area contributed by atoms with Crippen LogP contribution in [0.2, 0.25) is 0 Å². The summed E-state index contributed by atoms with van der Waals surface area (Å²) in [5.74, 6) is 0.691. The predicted molar refractivity (Wildman–Crippen MR) is 125 cm³/mol. The van der Waals surface area contributed by atoms with Gasteiger partial charge in [0.25, 0.3) is 0 Å². The molecule has 0 radical (unpaired) electrons. The highest BCUT2D eigenvalue weighted by Crippen LogP contribution is 2.27. The van der Waals surface area contributed by atoms with Gasteiger partial charge < -0.3 is 14.4 Å². The lowest BCUT2D eigenvalue weighted by Crippen LogP contribution is -2.52. The molecular formula is C23H28N6O3S. The smallest absolute Gasteiger partial charge is 0.243 e. The second-order valence-electron chi connectivity index (χ2n) is 8.69. The number of sulfonamides is 1. The van der Waals surface area contributed by atoms with Gasteiger partial charge in [0.1, 0.15) is 0 Å². The minimum Gasteiger partial charge on any atom is -0.351 e. The number of anilines is 1. The first-order valence-corrected chi connectivity index (χ1v) is 12.7. The number of aryl methyl sites for hydroxylation is 1. The normalized spacial score (nSPS) is 18.7. The zero-order chi connectivity index (χ0) is 23.0. The van der Waals surface area contributed by atoms with Crippen LogP contribution >= 0.6 is 0 Å². The van der Waals surface area contributed by atoms with Gasteiger partial charge in [-0.3, -0.25) is 4.79 Å². The third-order valence-electron chi connectivity index (χ3n) is 6.72. The maximum absolute atomic E-state index is 13.2. The third kappa shape index (κ3) is 4.20. The Hall–Kier alpha value is -2.98. The number of piperazine rings is 1. The summed E-state index contributed by atoms with van der Waals surface area (Å²) in [6, 6.07) is 8.96. The van der Waals surface area contributed by atoms with Crippen LogP contribution in [-0.4, -0.2) is 77.3 Å². The molecule has 4 heterocycles. The van der Waals surface area contributed by atoms with Gasteiger partial charge in [-0.1, -0.05) is 0 Å². The molecule has 2 saturated heterocycles. The summed E-state index contributed by atoms with van der Waals surface area (Å²) < 4.78 is 29.9. The number of rotatable bonds is 4. The molecule has 0 spiro atoms. The van der Waals surface area contributed by atoms with E-state index in [4.69, 9.17) is 0 Å². The summed E-state index contributed by atoms with van der Waals surface area (Å²) >= 11 is 0. The van der Waals surface area contributed by atoms with Crippen LogP contribution in [0.25, 0.3) is 10.9 Å². The van der Waals surface area contributed by atoms with Crippen LogP contribution in [0.5, 0.6) is 0 Å². The number of benzene rings is 1. The maximum atomic E-state index is 13.2. The quantitative estimate of drug-likeness (QED) is 0.579. The molecule has 0 atom stereocenters. The third-order valence-corrected chi connectivity index (χ3v) is 8.62. The van der Waals surface area contributed by atoms with E-state index in [-0.39, 0.29) is 11.8 Å². The summed E-state index contributed by atoms with van der Waals surface area (Å²) in [5.41, 5.74) is 0.997. The zero-order valence-electron chi connectivity index (χ0n) is 18.7. The molecule has 0 saturated carbocycles. The highest BCUT2D eigenvalue weighted by Gasteiger charge is 2.35. The van der Waals surface area contributed by atoms with Crippen molar-refractivity contribution in [2.24, 2.45) is 13.0 Å². The molecule has 33 heavy (non-hydrogen) atoms. The molecule has 1 aromatic carbocycles. The molecule has 174 valence electrons. The second kappa shape index (κ2) is 8.75. The van der Waals surface area contributed by atoms with Crippen LogP contribution in [0.1, 0.15) is 12.8 Å². The standard InChI is InChI=1S/C23H28N6O3S/c1-26-10-5-19-17-20(3-4-21(19)26)33(31,32)29-11-6-18(7-12-29)22(30)27-13-15-28(16-14-27)23-24-8-2-9-25-23/h2-5,8-10,17-18H,6-7,11-16H2,1H3. The number of carbonyl (C=O) groups is 1. The molecule has 3 aromatic rings. The van der Waals surface area contributed by atoms with Crippen molar-refractivity contribution in [2.75, 3.05) is 44.2 Å². The predicted octanol–water partition coefficient (Wildman–Crippen LogP) is 1.72. The second-order valence-corrected chi connectivity index (χ2v) is 10.6. The number of hydrogen-bond acceptors (Lipinski definition) is 6. The number of fused-ring (bicyclic) bond motifs is 1. The highest BCUT2D eigenvalue weighted by atomic mass is 32.2. The molecule has 5 rings (SSSR count). The lowest BCUT2D eigenvalue weighted by Gasteiger charge is -2.38. The van der Waals surface area contributed by atoms with E-state index in [1.165, 1.54) is 4.31 Å². The molecule has 2 aliphatic rings. The summed E-state index contributed by atoms with van der Waals surface area (Å²) in [6.07, 6.45) is 6.46. The molecule has 0 unspecified atom stereocenters. The number of hydrogen-bond donors (Lipinski definition) is 0. The minimum absolute atomic E-state index is 0.131. The Kier molecular flexibility index (Phi) is 5.79. The maximum Gasteiger partial charge on any atom is 0.243 e. The molecule has 0 aliphatic carbocycles. The fraction of sp³-hybridized carbons (Fsp3) is 0.435. The first-order chi connectivity index (χ1) is 15.9. The Morgan fingerprint density at radius 3 is 2.36 bits per heavy atom. The molecule has 2 fully saturated rings. The van der Waals surface area contributed by atoms with E-state index in [9.17, 15) is 13.2 Å². The number of amides is 1. The lowest BCUT2D eigenvalue weighted by atomic mass is 9.96. The van der Waals surface area contributed by atoms with Crippen LogP contribution in [0.15, 0.2) is 53.8 Å². The van der Waals surface area contributed by atoms with E-state index < -0.39 is 10.0 Å². The SMILES string of the molecule is Cn1ccc2cc(S(=O)(=O)N3CCC(C(=O)N4CCN(c5ncccn5)CC4)CC3)ccc21. The van der Waals surface area contributed by atoms with Crippen molar-refractivity contribution in [1.82, 2.24) is 23.7 Å². The van der Waals surface area contributed by atoms with E-state index in [0.29, 0.717) is 63.0 Å². The highest BCUT2D eigenvalue weighted by molar-refractivity contribution is 7.89. The number of piperidine rings is 1. The molecule has 0 bridgehead atoms. The van der Waals surface area contributed by atoms with Crippen molar-refractivity contribution >= 4 is 32.8 Å². The van der Waals surface area contributed by atoms with Crippen LogP contribution in [-0.2, 0) is 21.9 Å². The van der Waals surface area contributed by atoms with Gasteiger partial charge in [0.2, 0.25) is 21.9 Å². The average Bonchev–Trinajstić information content (AvgIpc) is 3.24. The van der Waals surface area contributed by atoms with Crippen LogP contribution < -0.4 is 4.90 Å². The largest absolute Gasteiger partial charge is 0.351 e. The summed E-state index contributed by atoms with van der Waals surface area (Å²) in [4.78, 5) is 25.9. The van der Waals surface area contributed by atoms with Gasteiger partial charge in [-0.05, 0) is 43.2 Å². The van der Waals surface area contributed by atoms with Crippen molar-refractivity contribution in [3.8, 4) is 0 Å². The molecule has 9 nitrogen and oxygen atoms in total. The zero-order valence-corrected chi connectivity index (χ0v) is 19.5.